The normalized spacial score (nSPS) is 15.0. The van der Waals surface area contributed by atoms with Crippen molar-refractivity contribution in [3.63, 3.8) is 0 Å². The Hall–Kier alpha value is -4.11. The minimum Gasteiger partial charge on any atom is -0.444 e. The molecule has 4 rings (SSSR count). The van der Waals surface area contributed by atoms with Crippen LogP contribution in [-0.4, -0.2) is 58.3 Å². The summed E-state index contributed by atoms with van der Waals surface area (Å²) in [5, 5.41) is 12.5. The molecule has 1 fully saturated rings. The van der Waals surface area contributed by atoms with Crippen molar-refractivity contribution in [1.82, 2.24) is 15.2 Å². The van der Waals surface area contributed by atoms with E-state index >= 15 is 0 Å². The molecule has 0 radical (unpaired) electrons. The molecule has 0 aliphatic carbocycles. The zero-order valence-corrected chi connectivity index (χ0v) is 26.3. The second-order valence-electron chi connectivity index (χ2n) is 12.3. The highest BCUT2D eigenvalue weighted by Gasteiger charge is 2.33. The number of aromatic nitrogens is 1. The van der Waals surface area contributed by atoms with Crippen molar-refractivity contribution < 1.29 is 19.4 Å². The predicted molar refractivity (Wildman–Crippen MR) is 169 cm³/mol. The molecule has 43 heavy (non-hydrogen) atoms. The molecule has 3 N–H and O–H groups in total. The summed E-state index contributed by atoms with van der Waals surface area (Å²) in [4.78, 5) is 45.9. The molecule has 1 aromatic heterocycles. The van der Waals surface area contributed by atoms with Gasteiger partial charge in [0.05, 0.1) is 6.61 Å². The number of ether oxygens (including phenoxy) is 1. The zero-order valence-electron chi connectivity index (χ0n) is 26.3. The Morgan fingerprint density at radius 3 is 2.40 bits per heavy atom. The third-order valence-corrected chi connectivity index (χ3v) is 7.92. The highest BCUT2D eigenvalue weighted by molar-refractivity contribution is 5.99. The molecule has 0 saturated carbocycles. The van der Waals surface area contributed by atoms with Gasteiger partial charge in [0.1, 0.15) is 5.60 Å². The number of carbonyl (C=O) groups is 2. The number of pyridine rings is 1. The average molecular weight is 589 g/mol. The van der Waals surface area contributed by atoms with E-state index in [0.29, 0.717) is 30.8 Å². The fourth-order valence-electron chi connectivity index (χ4n) is 5.68. The van der Waals surface area contributed by atoms with E-state index in [0.717, 1.165) is 45.6 Å². The predicted octanol–water partition coefficient (Wildman–Crippen LogP) is 5.23. The van der Waals surface area contributed by atoms with E-state index in [1.807, 2.05) is 77.9 Å². The van der Waals surface area contributed by atoms with Gasteiger partial charge in [0.25, 0.3) is 11.5 Å². The molecule has 230 valence electrons. The Kier molecular flexibility index (Phi) is 9.65. The summed E-state index contributed by atoms with van der Waals surface area (Å²) < 4.78 is 5.62. The lowest BCUT2D eigenvalue weighted by atomic mass is 9.95. The van der Waals surface area contributed by atoms with Crippen LogP contribution < -0.4 is 15.8 Å². The lowest BCUT2D eigenvalue weighted by Crippen LogP contribution is -2.41. The monoisotopic (exact) mass is 588 g/mol. The summed E-state index contributed by atoms with van der Waals surface area (Å²) >= 11 is 0. The Balaban J connectivity index is 1.69. The SMILES string of the molecule is CCN(c1cc(-c2ccc(CO)cc2)cc(C(=O)NCc2c(C)cc(C)[nH]c2=O)c1C)C1CCN(C(=O)OC(C)(C)C)C1. The number of aliphatic hydroxyl groups excluding tert-OH is 1. The number of hydrogen-bond acceptors (Lipinski definition) is 6. The molecule has 1 atom stereocenters. The van der Waals surface area contributed by atoms with Crippen molar-refractivity contribution >= 4 is 17.7 Å². The van der Waals surface area contributed by atoms with Crippen molar-refractivity contribution in [3.8, 4) is 11.1 Å². The number of H-pyrrole nitrogens is 1. The molecular weight excluding hydrogens is 544 g/mol. The van der Waals surface area contributed by atoms with Crippen LogP contribution in [0.25, 0.3) is 11.1 Å². The maximum atomic E-state index is 13.7. The number of nitrogens with one attached hydrogen (secondary N) is 2. The average Bonchev–Trinajstić information content (AvgIpc) is 3.43. The van der Waals surface area contributed by atoms with E-state index in [1.165, 1.54) is 0 Å². The first-order valence-corrected chi connectivity index (χ1v) is 14.9. The number of nitrogens with zero attached hydrogens (tertiary/aromatic N) is 2. The second-order valence-corrected chi connectivity index (χ2v) is 12.3. The summed E-state index contributed by atoms with van der Waals surface area (Å²) in [5.41, 5.74) is 6.17. The fourth-order valence-corrected chi connectivity index (χ4v) is 5.68. The van der Waals surface area contributed by atoms with Gasteiger partial charge in [-0.15, -0.1) is 0 Å². The van der Waals surface area contributed by atoms with Crippen molar-refractivity contribution in [2.75, 3.05) is 24.5 Å². The number of amides is 2. The molecule has 2 amide bonds. The molecule has 1 unspecified atom stereocenters. The standard InChI is InChI=1S/C34H44N4O5/c1-8-38(27-13-14-37(19-27)33(42)43-34(5,6)7)30-17-26(25-11-9-24(20-39)10-12-25)16-28(23(30)4)31(40)35-18-29-21(2)15-22(3)36-32(29)41/h9-12,15-17,27,39H,8,13-14,18-20H2,1-7H3,(H,35,40)(H,36,41). The van der Waals surface area contributed by atoms with Gasteiger partial charge in [0, 0.05) is 54.7 Å². The lowest BCUT2D eigenvalue weighted by molar-refractivity contribution is 0.0292. The van der Waals surface area contributed by atoms with Crippen LogP contribution in [0, 0.1) is 20.8 Å². The van der Waals surface area contributed by atoms with Gasteiger partial charge >= 0.3 is 6.09 Å². The number of aliphatic hydroxyl groups is 1. The highest BCUT2D eigenvalue weighted by atomic mass is 16.6. The second kappa shape index (κ2) is 13.0. The lowest BCUT2D eigenvalue weighted by Gasteiger charge is -2.33. The zero-order chi connectivity index (χ0) is 31.5. The molecule has 9 heteroatoms. The van der Waals surface area contributed by atoms with Crippen LogP contribution in [0.1, 0.15) is 72.4 Å². The van der Waals surface area contributed by atoms with E-state index in [-0.39, 0.29) is 36.8 Å². The number of rotatable bonds is 8. The molecule has 0 spiro atoms. The number of anilines is 1. The minimum atomic E-state index is -0.569. The Bertz CT molecular complexity index is 1540. The van der Waals surface area contributed by atoms with E-state index in [4.69, 9.17) is 4.74 Å². The van der Waals surface area contributed by atoms with Crippen molar-refractivity contribution in [2.45, 2.75) is 79.7 Å². The van der Waals surface area contributed by atoms with Crippen LogP contribution >= 0.6 is 0 Å². The van der Waals surface area contributed by atoms with Gasteiger partial charge in [-0.3, -0.25) is 9.59 Å². The first-order valence-electron chi connectivity index (χ1n) is 14.9. The molecular formula is C34H44N4O5. The molecule has 2 heterocycles. The first kappa shape index (κ1) is 31.8. The first-order chi connectivity index (χ1) is 20.3. The Morgan fingerprint density at radius 1 is 1.09 bits per heavy atom. The number of aromatic amines is 1. The number of benzene rings is 2. The van der Waals surface area contributed by atoms with Crippen molar-refractivity contribution in [2.24, 2.45) is 0 Å². The van der Waals surface area contributed by atoms with Crippen LogP contribution in [-0.2, 0) is 17.9 Å². The number of hydrogen-bond donors (Lipinski definition) is 3. The largest absolute Gasteiger partial charge is 0.444 e. The molecule has 0 bridgehead atoms. The third kappa shape index (κ3) is 7.46. The van der Waals surface area contributed by atoms with E-state index in [9.17, 15) is 19.5 Å². The van der Waals surface area contributed by atoms with Gasteiger partial charge in [0.2, 0.25) is 0 Å². The van der Waals surface area contributed by atoms with E-state index in [1.54, 1.807) is 4.90 Å². The van der Waals surface area contributed by atoms with Crippen molar-refractivity contribution in [3.05, 3.63) is 86.3 Å². The van der Waals surface area contributed by atoms with Crippen molar-refractivity contribution in [1.29, 1.82) is 0 Å². The summed E-state index contributed by atoms with van der Waals surface area (Å²) in [7, 11) is 0. The van der Waals surface area contributed by atoms with Gasteiger partial charge in [0.15, 0.2) is 0 Å². The van der Waals surface area contributed by atoms with Gasteiger partial charge in [-0.05, 0) is 101 Å². The fraction of sp³-hybridized carbons (Fsp3) is 0.441. The van der Waals surface area contributed by atoms with Crippen LogP contribution in [0.2, 0.25) is 0 Å². The maximum absolute atomic E-state index is 13.7. The molecule has 9 nitrogen and oxygen atoms in total. The third-order valence-electron chi connectivity index (χ3n) is 7.92. The van der Waals surface area contributed by atoms with E-state index < -0.39 is 5.60 Å². The smallest absolute Gasteiger partial charge is 0.410 e. The summed E-state index contributed by atoms with van der Waals surface area (Å²) in [6.45, 7) is 15.1. The molecule has 1 aliphatic rings. The topological polar surface area (TPSA) is 115 Å². The summed E-state index contributed by atoms with van der Waals surface area (Å²) in [6, 6.07) is 13.5. The maximum Gasteiger partial charge on any atom is 0.410 e. The molecule has 2 aromatic carbocycles. The molecule has 1 aliphatic heterocycles. The number of likely N-dealkylation sites (N-methyl/N-ethyl adjacent to an activating group) is 1. The van der Waals surface area contributed by atoms with Gasteiger partial charge in [-0.1, -0.05) is 24.3 Å². The summed E-state index contributed by atoms with van der Waals surface area (Å²) in [6.07, 6.45) is 0.459. The number of aryl methyl sites for hydroxylation is 2. The number of likely N-dealkylation sites (tertiary alicyclic amines) is 1. The van der Waals surface area contributed by atoms with Crippen LogP contribution in [0.15, 0.2) is 47.3 Å². The van der Waals surface area contributed by atoms with E-state index in [2.05, 4.69) is 28.2 Å². The van der Waals surface area contributed by atoms with Gasteiger partial charge < -0.3 is 29.9 Å². The highest BCUT2D eigenvalue weighted by Crippen LogP contribution is 2.34. The minimum absolute atomic E-state index is 0.0490. The molecule has 3 aromatic rings. The number of carbonyl (C=O) groups excluding carboxylic acids is 2. The van der Waals surface area contributed by atoms with Crippen LogP contribution in [0.5, 0.6) is 0 Å². The van der Waals surface area contributed by atoms with Gasteiger partial charge in [-0.2, -0.15) is 0 Å². The Morgan fingerprint density at radius 2 is 1.79 bits per heavy atom. The molecule has 1 saturated heterocycles. The summed E-state index contributed by atoms with van der Waals surface area (Å²) in [5.74, 6) is -0.273. The van der Waals surface area contributed by atoms with Crippen LogP contribution in [0.3, 0.4) is 0 Å². The van der Waals surface area contributed by atoms with Gasteiger partial charge in [-0.25, -0.2) is 4.79 Å². The quantitative estimate of drug-likeness (QED) is 0.332. The van der Waals surface area contributed by atoms with Crippen LogP contribution in [0.4, 0.5) is 10.5 Å². The Labute approximate surface area is 253 Å².